The van der Waals surface area contributed by atoms with E-state index in [1.165, 1.54) is 0 Å². The Kier molecular flexibility index (Phi) is 3.43. The molecule has 2 N–H and O–H groups in total. The minimum atomic E-state index is 0.144. The van der Waals surface area contributed by atoms with Crippen LogP contribution >= 0.6 is 0 Å². The average Bonchev–Trinajstić information content (AvgIpc) is 2.67. The van der Waals surface area contributed by atoms with E-state index in [2.05, 4.69) is 11.2 Å². The van der Waals surface area contributed by atoms with E-state index in [0.717, 1.165) is 5.69 Å². The van der Waals surface area contributed by atoms with Crippen LogP contribution in [0.3, 0.4) is 0 Å². The number of nitrogens with zero attached hydrogens (tertiary/aromatic N) is 3. The summed E-state index contributed by atoms with van der Waals surface area (Å²) in [5, 5.41) is 13.2. The van der Waals surface area contributed by atoms with Crippen LogP contribution in [0.2, 0.25) is 0 Å². The highest BCUT2D eigenvalue weighted by molar-refractivity contribution is 5.54. The third kappa shape index (κ3) is 2.52. The fraction of sp³-hybridized carbons (Fsp3) is 0.286. The zero-order valence-corrected chi connectivity index (χ0v) is 11.2. The van der Waals surface area contributed by atoms with Crippen LogP contribution in [0.1, 0.15) is 31.1 Å². The predicted molar refractivity (Wildman–Crippen MR) is 73.0 cm³/mol. The first kappa shape index (κ1) is 13.0. The molecular weight excluding hydrogens is 240 g/mol. The Balaban J connectivity index is 2.40. The molecule has 19 heavy (non-hydrogen) atoms. The quantitative estimate of drug-likeness (QED) is 0.915. The van der Waals surface area contributed by atoms with Crippen LogP contribution < -0.4 is 10.5 Å². The van der Waals surface area contributed by atoms with Crippen molar-refractivity contribution in [3.8, 4) is 17.7 Å². The molecule has 0 bridgehead atoms. The normalized spacial score (nSPS) is 10.5. The summed E-state index contributed by atoms with van der Waals surface area (Å²) in [5.74, 6) is 1.09. The van der Waals surface area contributed by atoms with Crippen LogP contribution in [-0.4, -0.2) is 9.78 Å². The molecule has 5 nitrogen and oxygen atoms in total. The number of benzene rings is 1. The maximum atomic E-state index is 8.88. The van der Waals surface area contributed by atoms with Crippen LogP contribution in [0.5, 0.6) is 11.6 Å². The molecule has 1 aromatic heterocycles. The van der Waals surface area contributed by atoms with Gasteiger partial charge in [0.15, 0.2) is 0 Å². The minimum Gasteiger partial charge on any atom is -0.437 e. The lowest BCUT2D eigenvalue weighted by atomic mass is 10.2. The largest absolute Gasteiger partial charge is 0.437 e. The molecule has 2 aromatic rings. The summed E-state index contributed by atoms with van der Waals surface area (Å²) in [6.07, 6.45) is 0. The molecule has 0 saturated heterocycles. The molecule has 1 aromatic carbocycles. The number of nitriles is 1. The molecule has 2 rings (SSSR count). The van der Waals surface area contributed by atoms with Crippen molar-refractivity contribution >= 4 is 5.69 Å². The van der Waals surface area contributed by atoms with Gasteiger partial charge in [-0.05, 0) is 39.0 Å². The molecular formula is C14H16N4O. The lowest BCUT2D eigenvalue weighted by Gasteiger charge is -2.12. The van der Waals surface area contributed by atoms with Crippen molar-refractivity contribution < 1.29 is 4.74 Å². The van der Waals surface area contributed by atoms with E-state index in [1.807, 2.05) is 20.8 Å². The van der Waals surface area contributed by atoms with E-state index < -0.39 is 0 Å². The van der Waals surface area contributed by atoms with Crippen LogP contribution in [0.25, 0.3) is 0 Å². The second-order valence-electron chi connectivity index (χ2n) is 4.58. The minimum absolute atomic E-state index is 0.144. The number of hydrogen-bond acceptors (Lipinski definition) is 4. The van der Waals surface area contributed by atoms with Gasteiger partial charge in [0.1, 0.15) is 11.4 Å². The monoisotopic (exact) mass is 256 g/mol. The van der Waals surface area contributed by atoms with Crippen LogP contribution in [0.4, 0.5) is 5.69 Å². The van der Waals surface area contributed by atoms with Gasteiger partial charge in [-0.1, -0.05) is 6.07 Å². The van der Waals surface area contributed by atoms with Gasteiger partial charge in [0.2, 0.25) is 5.88 Å². The Hall–Kier alpha value is -2.48. The van der Waals surface area contributed by atoms with Gasteiger partial charge in [0.25, 0.3) is 0 Å². The number of ether oxygens (including phenoxy) is 1. The van der Waals surface area contributed by atoms with Crippen LogP contribution in [0, 0.1) is 18.3 Å². The number of anilines is 1. The highest BCUT2D eigenvalue weighted by atomic mass is 16.5. The van der Waals surface area contributed by atoms with E-state index in [1.54, 1.807) is 28.9 Å². The van der Waals surface area contributed by atoms with Gasteiger partial charge in [-0.3, -0.25) is 0 Å². The molecule has 0 aliphatic carbocycles. The molecule has 0 amide bonds. The summed E-state index contributed by atoms with van der Waals surface area (Å²) < 4.78 is 7.53. The molecule has 98 valence electrons. The summed E-state index contributed by atoms with van der Waals surface area (Å²) in [4.78, 5) is 0. The van der Waals surface area contributed by atoms with E-state index in [-0.39, 0.29) is 6.04 Å². The van der Waals surface area contributed by atoms with Gasteiger partial charge in [-0.15, -0.1) is 0 Å². The molecule has 0 aliphatic rings. The van der Waals surface area contributed by atoms with Gasteiger partial charge in [-0.25, -0.2) is 4.68 Å². The summed E-state index contributed by atoms with van der Waals surface area (Å²) in [5.41, 5.74) is 7.79. The summed E-state index contributed by atoms with van der Waals surface area (Å²) in [7, 11) is 0. The number of rotatable bonds is 3. The molecule has 0 unspecified atom stereocenters. The Morgan fingerprint density at radius 1 is 1.42 bits per heavy atom. The van der Waals surface area contributed by atoms with Gasteiger partial charge < -0.3 is 10.5 Å². The topological polar surface area (TPSA) is 76.9 Å². The molecule has 0 fully saturated rings. The van der Waals surface area contributed by atoms with Crippen molar-refractivity contribution in [2.24, 2.45) is 0 Å². The third-order valence-electron chi connectivity index (χ3n) is 2.75. The first-order chi connectivity index (χ1) is 9.02. The second-order valence-corrected chi connectivity index (χ2v) is 4.58. The maximum Gasteiger partial charge on any atom is 0.241 e. The number of nitrogens with two attached hydrogens (primary N) is 1. The third-order valence-corrected chi connectivity index (χ3v) is 2.75. The Bertz CT molecular complexity index is 637. The molecule has 0 spiro atoms. The van der Waals surface area contributed by atoms with Crippen molar-refractivity contribution in [1.82, 2.24) is 9.78 Å². The highest BCUT2D eigenvalue weighted by Gasteiger charge is 2.16. The van der Waals surface area contributed by atoms with Gasteiger partial charge >= 0.3 is 0 Å². The Labute approximate surface area is 112 Å². The predicted octanol–water partition coefficient (Wildman–Crippen LogP) is 3.02. The molecule has 0 saturated carbocycles. The lowest BCUT2D eigenvalue weighted by Crippen LogP contribution is -2.05. The zero-order valence-electron chi connectivity index (χ0n) is 11.2. The van der Waals surface area contributed by atoms with Crippen molar-refractivity contribution in [3.05, 3.63) is 35.5 Å². The lowest BCUT2D eigenvalue weighted by molar-refractivity contribution is 0.389. The van der Waals surface area contributed by atoms with E-state index in [9.17, 15) is 0 Å². The molecule has 0 aliphatic heterocycles. The number of aromatic nitrogens is 2. The van der Waals surface area contributed by atoms with Crippen LogP contribution in [0.15, 0.2) is 24.3 Å². The van der Waals surface area contributed by atoms with Gasteiger partial charge in [0.05, 0.1) is 23.4 Å². The fourth-order valence-electron chi connectivity index (χ4n) is 1.73. The van der Waals surface area contributed by atoms with Crippen molar-refractivity contribution in [2.45, 2.75) is 26.8 Å². The van der Waals surface area contributed by atoms with E-state index in [0.29, 0.717) is 22.9 Å². The Morgan fingerprint density at radius 2 is 2.16 bits per heavy atom. The zero-order chi connectivity index (χ0) is 14.0. The molecule has 1 heterocycles. The average molecular weight is 256 g/mol. The summed E-state index contributed by atoms with van der Waals surface area (Å²) >= 11 is 0. The molecule has 0 atom stereocenters. The fourth-order valence-corrected chi connectivity index (χ4v) is 1.73. The second kappa shape index (κ2) is 5.02. The van der Waals surface area contributed by atoms with Crippen molar-refractivity contribution in [3.63, 3.8) is 0 Å². The van der Waals surface area contributed by atoms with E-state index in [4.69, 9.17) is 15.7 Å². The SMILES string of the molecule is Cc1nn(C(C)C)c(Oc2cccc(C#N)c2)c1N. The molecule has 5 heteroatoms. The molecule has 0 radical (unpaired) electrons. The standard InChI is InChI=1S/C14H16N4O/c1-9(2)18-14(13(16)10(3)17-18)19-12-6-4-5-11(7-12)8-15/h4-7,9H,16H2,1-3H3. The van der Waals surface area contributed by atoms with Crippen molar-refractivity contribution in [2.75, 3.05) is 5.73 Å². The number of aryl methyl sites for hydroxylation is 1. The first-order valence-electron chi connectivity index (χ1n) is 6.05. The summed E-state index contributed by atoms with van der Waals surface area (Å²) in [6.45, 7) is 5.85. The maximum absolute atomic E-state index is 8.88. The van der Waals surface area contributed by atoms with Gasteiger partial charge in [0, 0.05) is 0 Å². The van der Waals surface area contributed by atoms with E-state index >= 15 is 0 Å². The first-order valence-corrected chi connectivity index (χ1v) is 6.05. The summed E-state index contributed by atoms with van der Waals surface area (Å²) in [6, 6.07) is 9.17. The Morgan fingerprint density at radius 3 is 2.79 bits per heavy atom. The van der Waals surface area contributed by atoms with Gasteiger partial charge in [-0.2, -0.15) is 10.4 Å². The number of hydrogen-bond donors (Lipinski definition) is 1. The number of nitrogen functional groups attached to an aromatic ring is 1. The smallest absolute Gasteiger partial charge is 0.241 e. The highest BCUT2D eigenvalue weighted by Crippen LogP contribution is 2.32. The van der Waals surface area contributed by atoms with Crippen molar-refractivity contribution in [1.29, 1.82) is 5.26 Å². The van der Waals surface area contributed by atoms with Crippen LogP contribution in [-0.2, 0) is 0 Å².